The molecule has 28 heavy (non-hydrogen) atoms. The summed E-state index contributed by atoms with van der Waals surface area (Å²) in [4.78, 5) is 23.7. The Bertz CT molecular complexity index is 980. The van der Waals surface area contributed by atoms with Gasteiger partial charge in [-0.05, 0) is 37.6 Å². The molecule has 1 aromatic heterocycles. The summed E-state index contributed by atoms with van der Waals surface area (Å²) < 4.78 is 15.8. The third-order valence-electron chi connectivity index (χ3n) is 4.14. The Kier molecular flexibility index (Phi) is 6.26. The van der Waals surface area contributed by atoms with Gasteiger partial charge in [-0.3, -0.25) is 9.59 Å². The number of nitrogens with one attached hydrogen (secondary N) is 1. The molecular formula is C21H22N2O5. The van der Waals surface area contributed by atoms with Gasteiger partial charge in [-0.25, -0.2) is 0 Å². The molecule has 7 nitrogen and oxygen atoms in total. The number of fused-ring (bicyclic) bond motifs is 1. The number of aryl methyl sites for hydroxylation is 2. The van der Waals surface area contributed by atoms with Gasteiger partial charge in [0.1, 0.15) is 18.1 Å². The molecule has 1 heterocycles. The smallest absolute Gasteiger partial charge is 0.312 e. The first-order valence-electron chi connectivity index (χ1n) is 8.98. The van der Waals surface area contributed by atoms with Crippen molar-refractivity contribution in [3.63, 3.8) is 0 Å². The minimum absolute atomic E-state index is 0.0555. The van der Waals surface area contributed by atoms with E-state index in [1.165, 1.54) is 5.56 Å². The van der Waals surface area contributed by atoms with Crippen molar-refractivity contribution in [2.45, 2.75) is 20.3 Å². The molecule has 0 spiro atoms. The van der Waals surface area contributed by atoms with Crippen LogP contribution in [0.5, 0.6) is 5.75 Å². The molecular weight excluding hydrogens is 360 g/mol. The Morgan fingerprint density at radius 2 is 1.96 bits per heavy atom. The lowest BCUT2D eigenvalue weighted by Crippen LogP contribution is -2.32. The van der Waals surface area contributed by atoms with Crippen LogP contribution in [0, 0.1) is 13.8 Å². The van der Waals surface area contributed by atoms with E-state index in [1.807, 2.05) is 50.2 Å². The lowest BCUT2D eigenvalue weighted by molar-refractivity contribution is -0.147. The first kappa shape index (κ1) is 19.4. The summed E-state index contributed by atoms with van der Waals surface area (Å²) >= 11 is 0. The van der Waals surface area contributed by atoms with Gasteiger partial charge >= 0.3 is 5.97 Å². The molecule has 1 amide bonds. The average molecular weight is 382 g/mol. The van der Waals surface area contributed by atoms with Crippen molar-refractivity contribution in [1.29, 1.82) is 0 Å². The summed E-state index contributed by atoms with van der Waals surface area (Å²) in [6.07, 6.45) is -0.0555. The van der Waals surface area contributed by atoms with E-state index in [0.717, 1.165) is 16.7 Å². The number of aromatic nitrogens is 1. The van der Waals surface area contributed by atoms with Gasteiger partial charge in [0.05, 0.1) is 13.0 Å². The fourth-order valence-corrected chi connectivity index (χ4v) is 2.76. The number of hydrogen-bond acceptors (Lipinski definition) is 6. The molecule has 0 bridgehead atoms. The van der Waals surface area contributed by atoms with Crippen molar-refractivity contribution >= 4 is 22.8 Å². The van der Waals surface area contributed by atoms with Gasteiger partial charge in [-0.1, -0.05) is 35.0 Å². The van der Waals surface area contributed by atoms with E-state index in [4.69, 9.17) is 14.0 Å². The predicted octanol–water partition coefficient (Wildman–Crippen LogP) is 2.73. The fourth-order valence-electron chi connectivity index (χ4n) is 2.76. The molecule has 0 fully saturated rings. The predicted molar refractivity (Wildman–Crippen MR) is 103 cm³/mol. The van der Waals surface area contributed by atoms with Crippen LogP contribution < -0.4 is 10.1 Å². The molecule has 0 radical (unpaired) electrons. The van der Waals surface area contributed by atoms with Crippen molar-refractivity contribution in [3.05, 3.63) is 59.3 Å². The van der Waals surface area contributed by atoms with Crippen molar-refractivity contribution < 1.29 is 23.6 Å². The maximum Gasteiger partial charge on any atom is 0.312 e. The van der Waals surface area contributed by atoms with E-state index in [1.54, 1.807) is 6.07 Å². The van der Waals surface area contributed by atoms with Crippen LogP contribution in [0.3, 0.4) is 0 Å². The Balaban J connectivity index is 1.36. The Labute approximate surface area is 162 Å². The van der Waals surface area contributed by atoms with Gasteiger partial charge in [-0.15, -0.1) is 0 Å². The Morgan fingerprint density at radius 3 is 2.79 bits per heavy atom. The maximum absolute atomic E-state index is 11.9. The Morgan fingerprint density at radius 1 is 1.14 bits per heavy atom. The number of para-hydroxylation sites is 1. The second-order valence-corrected chi connectivity index (χ2v) is 6.43. The number of esters is 1. The van der Waals surface area contributed by atoms with Crippen LogP contribution in [0.4, 0.5) is 0 Å². The standard InChI is InChI=1S/C21H22N2O5/c1-14-7-8-18(15(2)11-14)26-10-9-22-20(24)13-27-21(25)12-17-16-5-3-4-6-19(16)28-23-17/h3-8,11H,9-10,12-13H2,1-2H3,(H,22,24). The quantitative estimate of drug-likeness (QED) is 0.476. The minimum atomic E-state index is -0.541. The third-order valence-corrected chi connectivity index (χ3v) is 4.14. The highest BCUT2D eigenvalue weighted by atomic mass is 16.5. The zero-order valence-electron chi connectivity index (χ0n) is 15.9. The van der Waals surface area contributed by atoms with Crippen LogP contribution in [0.1, 0.15) is 16.8 Å². The van der Waals surface area contributed by atoms with Crippen molar-refractivity contribution in [1.82, 2.24) is 10.5 Å². The van der Waals surface area contributed by atoms with Gasteiger partial charge < -0.3 is 19.3 Å². The summed E-state index contributed by atoms with van der Waals surface area (Å²) in [5.74, 6) is -0.144. The number of nitrogens with zero attached hydrogens (tertiary/aromatic N) is 1. The van der Waals surface area contributed by atoms with Crippen LogP contribution in [-0.4, -0.2) is 36.8 Å². The average Bonchev–Trinajstić information content (AvgIpc) is 3.08. The van der Waals surface area contributed by atoms with Crippen LogP contribution in [0.2, 0.25) is 0 Å². The van der Waals surface area contributed by atoms with Gasteiger partial charge in [0.2, 0.25) is 0 Å². The molecule has 3 rings (SSSR count). The van der Waals surface area contributed by atoms with E-state index in [2.05, 4.69) is 10.5 Å². The number of amides is 1. The van der Waals surface area contributed by atoms with E-state index in [0.29, 0.717) is 24.4 Å². The number of rotatable bonds is 8. The molecule has 0 aliphatic heterocycles. The Hall–Kier alpha value is -3.35. The zero-order chi connectivity index (χ0) is 19.9. The van der Waals surface area contributed by atoms with E-state index in [-0.39, 0.29) is 18.9 Å². The molecule has 1 N–H and O–H groups in total. The highest BCUT2D eigenvalue weighted by molar-refractivity contribution is 5.85. The molecule has 3 aromatic rings. The van der Waals surface area contributed by atoms with Crippen LogP contribution in [0.15, 0.2) is 47.0 Å². The third kappa shape index (κ3) is 5.09. The number of carbonyl (C=O) groups is 2. The SMILES string of the molecule is Cc1ccc(OCCNC(=O)COC(=O)Cc2noc3ccccc23)c(C)c1. The molecule has 0 saturated heterocycles. The molecule has 0 aliphatic rings. The van der Waals surface area contributed by atoms with Gasteiger partial charge in [0, 0.05) is 5.39 Å². The second-order valence-electron chi connectivity index (χ2n) is 6.43. The zero-order valence-corrected chi connectivity index (χ0v) is 15.9. The monoisotopic (exact) mass is 382 g/mol. The molecule has 0 unspecified atom stereocenters. The van der Waals surface area contributed by atoms with Crippen molar-refractivity contribution in [2.75, 3.05) is 19.8 Å². The van der Waals surface area contributed by atoms with Crippen molar-refractivity contribution in [3.8, 4) is 5.75 Å². The highest BCUT2D eigenvalue weighted by Crippen LogP contribution is 2.19. The van der Waals surface area contributed by atoms with E-state index >= 15 is 0 Å². The largest absolute Gasteiger partial charge is 0.491 e. The van der Waals surface area contributed by atoms with Crippen LogP contribution in [-0.2, 0) is 20.7 Å². The topological polar surface area (TPSA) is 90.7 Å². The summed E-state index contributed by atoms with van der Waals surface area (Å²) in [5.41, 5.74) is 3.30. The van der Waals surface area contributed by atoms with Crippen LogP contribution >= 0.6 is 0 Å². The van der Waals surface area contributed by atoms with Gasteiger partial charge in [0.25, 0.3) is 5.91 Å². The number of carbonyl (C=O) groups excluding carboxylic acids is 2. The highest BCUT2D eigenvalue weighted by Gasteiger charge is 2.14. The lowest BCUT2D eigenvalue weighted by atomic mass is 10.1. The van der Waals surface area contributed by atoms with Crippen molar-refractivity contribution in [2.24, 2.45) is 0 Å². The van der Waals surface area contributed by atoms with Crippen LogP contribution in [0.25, 0.3) is 11.0 Å². The van der Waals surface area contributed by atoms with E-state index < -0.39 is 5.97 Å². The molecule has 0 atom stereocenters. The minimum Gasteiger partial charge on any atom is -0.491 e. The number of ether oxygens (including phenoxy) is 2. The van der Waals surface area contributed by atoms with Gasteiger partial charge in [0.15, 0.2) is 12.2 Å². The normalized spacial score (nSPS) is 10.6. The second kappa shape index (κ2) is 9.03. The first-order valence-corrected chi connectivity index (χ1v) is 8.98. The molecule has 2 aromatic carbocycles. The molecule has 146 valence electrons. The molecule has 7 heteroatoms. The summed E-state index contributed by atoms with van der Waals surface area (Å²) in [6.45, 7) is 4.28. The first-order chi connectivity index (χ1) is 13.5. The molecule has 0 saturated carbocycles. The summed E-state index contributed by atoms with van der Waals surface area (Å²) in [6, 6.07) is 13.2. The number of benzene rings is 2. The summed E-state index contributed by atoms with van der Waals surface area (Å²) in [5, 5.41) is 7.28. The maximum atomic E-state index is 11.9. The molecule has 0 aliphatic carbocycles. The van der Waals surface area contributed by atoms with E-state index in [9.17, 15) is 9.59 Å². The fraction of sp³-hybridized carbons (Fsp3) is 0.286. The summed E-state index contributed by atoms with van der Waals surface area (Å²) in [7, 11) is 0. The number of hydrogen-bond donors (Lipinski definition) is 1. The van der Waals surface area contributed by atoms with Gasteiger partial charge in [-0.2, -0.15) is 0 Å². The lowest BCUT2D eigenvalue weighted by Gasteiger charge is -2.10.